The number of fused-ring (bicyclic) bond motifs is 2. The van der Waals surface area contributed by atoms with E-state index in [9.17, 15) is 35.7 Å². The summed E-state index contributed by atoms with van der Waals surface area (Å²) < 4.78 is 45.0. The van der Waals surface area contributed by atoms with E-state index in [4.69, 9.17) is 37.9 Å². The summed E-state index contributed by atoms with van der Waals surface area (Å²) in [5.74, 6) is -2.23. The van der Waals surface area contributed by atoms with Gasteiger partial charge in [0, 0.05) is 17.2 Å². The molecule has 0 bridgehead atoms. The minimum atomic E-state index is -2.01. The summed E-state index contributed by atoms with van der Waals surface area (Å²) >= 11 is 0. The Morgan fingerprint density at radius 2 is 1.78 bits per heavy atom. The van der Waals surface area contributed by atoms with E-state index in [0.717, 1.165) is 5.57 Å². The smallest absolute Gasteiger partial charge is 0.320 e. The largest absolute Gasteiger partial charge is 0.507 e. The van der Waals surface area contributed by atoms with Crippen molar-refractivity contribution in [1.29, 1.82) is 0 Å². The maximum absolute atomic E-state index is 11.7. The Balaban J connectivity index is 1.43. The Hall–Kier alpha value is -3.48. The van der Waals surface area contributed by atoms with Crippen LogP contribution in [0.3, 0.4) is 0 Å². The Kier molecular flexibility index (Phi) is 8.90. The molecule has 2 aromatic carbocycles. The van der Waals surface area contributed by atoms with Crippen molar-refractivity contribution in [3.63, 3.8) is 0 Å². The third-order valence-corrected chi connectivity index (χ3v) is 7.96. The summed E-state index contributed by atoms with van der Waals surface area (Å²) in [4.78, 5) is 0. The zero-order valence-electron chi connectivity index (χ0n) is 25.1. The van der Waals surface area contributed by atoms with Crippen LogP contribution in [0.2, 0.25) is 0 Å². The van der Waals surface area contributed by atoms with Crippen molar-refractivity contribution in [1.82, 2.24) is 0 Å². The predicted octanol–water partition coefficient (Wildman–Crippen LogP) is 0.275. The molecule has 0 radical (unpaired) electrons. The molecule has 0 spiro atoms. The zero-order valence-corrected chi connectivity index (χ0v) is 25.1. The Labute approximate surface area is 262 Å². The molecule has 7 N–H and O–H groups in total. The topological polar surface area (TPSA) is 219 Å². The summed E-state index contributed by atoms with van der Waals surface area (Å²) in [6.07, 6.45) is -7.68. The van der Waals surface area contributed by atoms with Crippen LogP contribution in [-0.4, -0.2) is 105 Å². The first-order valence-electron chi connectivity index (χ1n) is 14.5. The molecule has 4 aliphatic heterocycles. The van der Waals surface area contributed by atoms with E-state index in [1.54, 1.807) is 24.3 Å². The fourth-order valence-electron chi connectivity index (χ4n) is 5.37. The first kappa shape index (κ1) is 32.5. The molecule has 46 heavy (non-hydrogen) atoms. The van der Waals surface area contributed by atoms with Gasteiger partial charge in [0.15, 0.2) is 17.6 Å². The summed E-state index contributed by atoms with van der Waals surface area (Å²) in [7, 11) is 1.50. The maximum atomic E-state index is 11.7. The lowest BCUT2D eigenvalue weighted by molar-refractivity contribution is -0.370. The number of methoxy groups -OCH3 is 1. The molecule has 0 aromatic heterocycles. The number of hydrogen-bond donors (Lipinski definition) is 7. The van der Waals surface area contributed by atoms with Crippen LogP contribution < -0.4 is 14.2 Å². The van der Waals surface area contributed by atoms with Crippen molar-refractivity contribution >= 4 is 5.76 Å². The Morgan fingerprint density at radius 3 is 2.46 bits per heavy atom. The highest BCUT2D eigenvalue weighted by atomic mass is 17.0. The molecule has 0 amide bonds. The number of aliphatic hydroxyl groups is 6. The predicted molar refractivity (Wildman–Crippen MR) is 153 cm³/mol. The number of epoxide rings is 1. The van der Waals surface area contributed by atoms with Gasteiger partial charge in [-0.1, -0.05) is 11.6 Å². The van der Waals surface area contributed by atoms with Gasteiger partial charge >= 0.3 is 12.4 Å². The molecule has 9 unspecified atom stereocenters. The fraction of sp³-hybridized carbons (Fsp3) is 0.484. The van der Waals surface area contributed by atoms with Crippen LogP contribution in [0, 0.1) is 0 Å². The molecule has 0 saturated carbocycles. The molecule has 0 aliphatic carbocycles. The van der Waals surface area contributed by atoms with E-state index in [-0.39, 0.29) is 41.6 Å². The second-order valence-electron chi connectivity index (χ2n) is 11.4. The van der Waals surface area contributed by atoms with Crippen LogP contribution in [0.4, 0.5) is 0 Å². The SMILES string of the molecule is COc1ccc(C2=C(OC3OCC(O)C(O)C3O)C(O)c3c(O)cc(OC4OC(CO)C5OC5(O)O4)c(CC=C(C)C)c3O2)cc1. The number of allylic oxidation sites excluding steroid dienone is 2. The van der Waals surface area contributed by atoms with Gasteiger partial charge in [-0.3, -0.25) is 4.74 Å². The molecule has 9 atom stereocenters. The number of phenols is 1. The van der Waals surface area contributed by atoms with Crippen molar-refractivity contribution in [3.05, 3.63) is 64.4 Å². The number of benzene rings is 2. The number of phenolic OH excluding ortho intramolecular Hbond substituents is 1. The summed E-state index contributed by atoms with van der Waals surface area (Å²) in [6.45, 7) is 1.35. The number of hydrogen-bond acceptors (Lipinski definition) is 15. The van der Waals surface area contributed by atoms with Crippen molar-refractivity contribution in [2.24, 2.45) is 0 Å². The van der Waals surface area contributed by atoms with Crippen LogP contribution in [0.15, 0.2) is 47.7 Å². The Morgan fingerprint density at radius 1 is 1.04 bits per heavy atom. The normalized spacial score (nSPS) is 33.3. The molecule has 6 rings (SSSR count). The van der Waals surface area contributed by atoms with Crippen molar-refractivity contribution < 1.29 is 73.6 Å². The highest BCUT2D eigenvalue weighted by molar-refractivity contribution is 5.73. The summed E-state index contributed by atoms with van der Waals surface area (Å²) in [5, 5.41) is 73.8. The molecule has 2 aromatic rings. The highest BCUT2D eigenvalue weighted by Gasteiger charge is 2.67. The first-order valence-corrected chi connectivity index (χ1v) is 14.5. The van der Waals surface area contributed by atoms with Gasteiger partial charge in [-0.05, 0) is 44.5 Å². The van der Waals surface area contributed by atoms with Crippen molar-refractivity contribution in [2.75, 3.05) is 20.3 Å². The summed E-state index contributed by atoms with van der Waals surface area (Å²) in [5.41, 5.74) is 1.56. The minimum Gasteiger partial charge on any atom is -0.507 e. The molecule has 3 saturated heterocycles. The number of ether oxygens (including phenoxy) is 8. The van der Waals surface area contributed by atoms with E-state index in [0.29, 0.717) is 16.9 Å². The van der Waals surface area contributed by atoms with Gasteiger partial charge in [0.2, 0.25) is 6.29 Å². The lowest BCUT2D eigenvalue weighted by Crippen LogP contribution is -2.53. The molecule has 4 aliphatic rings. The molecular weight excluding hydrogens is 612 g/mol. The average molecular weight is 649 g/mol. The zero-order chi connectivity index (χ0) is 32.9. The quantitative estimate of drug-likeness (QED) is 0.143. The number of aliphatic hydroxyl groups excluding tert-OH is 5. The third-order valence-electron chi connectivity index (χ3n) is 7.96. The van der Waals surface area contributed by atoms with Gasteiger partial charge in [0.05, 0.1) is 25.9 Å². The van der Waals surface area contributed by atoms with E-state index >= 15 is 0 Å². The molecule has 15 nitrogen and oxygen atoms in total. The van der Waals surface area contributed by atoms with Crippen molar-refractivity contribution in [2.45, 2.75) is 75.6 Å². The first-order chi connectivity index (χ1) is 21.9. The number of rotatable bonds is 9. The van der Waals surface area contributed by atoms with Gasteiger partial charge in [-0.15, -0.1) is 0 Å². The van der Waals surface area contributed by atoms with Crippen LogP contribution in [0.25, 0.3) is 5.76 Å². The average Bonchev–Trinajstić information content (AvgIpc) is 3.72. The van der Waals surface area contributed by atoms with Crippen LogP contribution in [-0.2, 0) is 30.1 Å². The molecular formula is C31H36O15. The van der Waals surface area contributed by atoms with Gasteiger partial charge < -0.3 is 68.9 Å². The van der Waals surface area contributed by atoms with E-state index in [1.807, 2.05) is 19.9 Å². The second kappa shape index (κ2) is 12.6. The number of aromatic hydroxyl groups is 1. The molecule has 4 heterocycles. The lowest BCUT2D eigenvalue weighted by atomic mass is 9.94. The lowest BCUT2D eigenvalue weighted by Gasteiger charge is -2.38. The monoisotopic (exact) mass is 648 g/mol. The van der Waals surface area contributed by atoms with Gasteiger partial charge in [0.1, 0.15) is 53.5 Å². The van der Waals surface area contributed by atoms with Gasteiger partial charge in [-0.25, -0.2) is 0 Å². The van der Waals surface area contributed by atoms with Crippen LogP contribution >= 0.6 is 0 Å². The standard InChI is InChI=1S/C31H36O15/c1-13(2)4-9-16-19(41-30-42-20(11-32)28-31(38,45-28)46-30)10-17(33)21-23(36)27(44-29-24(37)22(35)18(34)12-40-29)25(43-26(16)21)14-5-7-15(39-3)8-6-14/h4-8,10,18,20,22-24,28-30,32-38H,9,11-12H2,1-3H3. The van der Waals surface area contributed by atoms with E-state index < -0.39 is 67.7 Å². The van der Waals surface area contributed by atoms with Gasteiger partial charge in [0.25, 0.3) is 0 Å². The summed E-state index contributed by atoms with van der Waals surface area (Å²) in [6, 6.07) is 7.75. The highest BCUT2D eigenvalue weighted by Crippen LogP contribution is 2.52. The van der Waals surface area contributed by atoms with E-state index in [2.05, 4.69) is 0 Å². The third kappa shape index (κ3) is 6.02. The second-order valence-corrected chi connectivity index (χ2v) is 11.4. The molecule has 250 valence electrons. The Bertz CT molecular complexity index is 1500. The van der Waals surface area contributed by atoms with Crippen molar-refractivity contribution in [3.8, 4) is 23.0 Å². The minimum absolute atomic E-state index is 0.00642. The molecule has 15 heteroatoms. The van der Waals surface area contributed by atoms with Gasteiger partial charge in [-0.2, -0.15) is 0 Å². The molecule has 3 fully saturated rings. The maximum Gasteiger partial charge on any atom is 0.320 e. The van der Waals surface area contributed by atoms with E-state index in [1.165, 1.54) is 13.2 Å². The van der Waals surface area contributed by atoms with Crippen LogP contribution in [0.1, 0.15) is 36.6 Å². The fourth-order valence-corrected chi connectivity index (χ4v) is 5.37. The van der Waals surface area contributed by atoms with Crippen LogP contribution in [0.5, 0.6) is 23.0 Å².